The van der Waals surface area contributed by atoms with E-state index in [2.05, 4.69) is 23.6 Å². The molecule has 86 valence electrons. The van der Waals surface area contributed by atoms with Crippen LogP contribution in [0.4, 0.5) is 0 Å². The molecule has 2 rings (SSSR count). The average Bonchev–Trinajstić information content (AvgIpc) is 2.64. The minimum absolute atomic E-state index is 0.0428. The molecule has 0 saturated carbocycles. The van der Waals surface area contributed by atoms with E-state index in [1.54, 1.807) is 17.5 Å². The lowest BCUT2D eigenvalue weighted by Crippen LogP contribution is -2.23. The topological polar surface area (TPSA) is 56.3 Å². The number of rotatable bonds is 2. The van der Waals surface area contributed by atoms with Crippen molar-refractivity contribution < 1.29 is 14.3 Å². The second-order valence-electron chi connectivity index (χ2n) is 4.21. The summed E-state index contributed by atoms with van der Waals surface area (Å²) in [5.41, 5.74) is 0. The van der Waals surface area contributed by atoms with Gasteiger partial charge in [0.2, 0.25) is 0 Å². The molecule has 1 aromatic heterocycles. The van der Waals surface area contributed by atoms with Crippen molar-refractivity contribution >= 4 is 23.3 Å². The van der Waals surface area contributed by atoms with Gasteiger partial charge in [-0.05, 0) is 0 Å². The summed E-state index contributed by atoms with van der Waals surface area (Å²) < 4.78 is 4.50. The Morgan fingerprint density at radius 1 is 1.38 bits per heavy atom. The number of nitrogens with zero attached hydrogens (tertiary/aromatic N) is 1. The van der Waals surface area contributed by atoms with Gasteiger partial charge in [0.1, 0.15) is 0 Å². The van der Waals surface area contributed by atoms with Crippen molar-refractivity contribution in [2.75, 3.05) is 0 Å². The van der Waals surface area contributed by atoms with E-state index in [0.29, 0.717) is 5.92 Å². The maximum atomic E-state index is 11.1. The van der Waals surface area contributed by atoms with Crippen LogP contribution in [0.5, 0.6) is 0 Å². The van der Waals surface area contributed by atoms with Crippen LogP contribution in [0.2, 0.25) is 0 Å². The molecule has 2 heterocycles. The number of aromatic nitrogens is 1. The second kappa shape index (κ2) is 4.33. The lowest BCUT2D eigenvalue weighted by Gasteiger charge is -2.17. The monoisotopic (exact) mass is 239 g/mol. The fraction of sp³-hybridized carbons (Fsp3) is 0.545. The van der Waals surface area contributed by atoms with Gasteiger partial charge in [-0.15, -0.1) is 11.3 Å². The Balaban J connectivity index is 2.16. The highest BCUT2D eigenvalue weighted by Gasteiger charge is 2.29. The van der Waals surface area contributed by atoms with Crippen molar-refractivity contribution in [3.63, 3.8) is 0 Å². The summed E-state index contributed by atoms with van der Waals surface area (Å²) in [5.74, 6) is -0.523. The summed E-state index contributed by atoms with van der Waals surface area (Å²) in [6, 6.07) is 0. The molecule has 4 nitrogen and oxygen atoms in total. The summed E-state index contributed by atoms with van der Waals surface area (Å²) in [5, 5.41) is 1.04. The van der Waals surface area contributed by atoms with Gasteiger partial charge < -0.3 is 4.74 Å². The van der Waals surface area contributed by atoms with E-state index >= 15 is 0 Å². The standard InChI is InChI=1S/C11H13NO3S/c1-6(2)11-12-5-8(16-11)7-3-9(13)15-10(14)4-7/h5-7H,3-4H2,1-2H3. The third-order valence-electron chi connectivity index (χ3n) is 2.49. The van der Waals surface area contributed by atoms with Crippen molar-refractivity contribution in [1.82, 2.24) is 4.98 Å². The Morgan fingerprint density at radius 2 is 2.00 bits per heavy atom. The number of carbonyl (C=O) groups is 2. The molecule has 0 atom stereocenters. The van der Waals surface area contributed by atoms with Gasteiger partial charge >= 0.3 is 11.9 Å². The number of carbonyl (C=O) groups excluding carboxylic acids is 2. The van der Waals surface area contributed by atoms with E-state index in [0.717, 1.165) is 9.88 Å². The Hall–Kier alpha value is -1.23. The fourth-order valence-corrected chi connectivity index (χ4v) is 2.66. The zero-order valence-corrected chi connectivity index (χ0v) is 10.0. The molecule has 0 radical (unpaired) electrons. The SMILES string of the molecule is CC(C)c1ncc(C2CC(=O)OC(=O)C2)s1. The quantitative estimate of drug-likeness (QED) is 0.586. The second-order valence-corrected chi connectivity index (χ2v) is 5.30. The third kappa shape index (κ3) is 2.29. The molecule has 5 heteroatoms. The maximum Gasteiger partial charge on any atom is 0.314 e. The van der Waals surface area contributed by atoms with Crippen LogP contribution in [0.1, 0.15) is 48.4 Å². The Morgan fingerprint density at radius 3 is 2.50 bits per heavy atom. The molecule has 1 aromatic rings. The number of ether oxygens (including phenoxy) is 1. The molecule has 0 spiro atoms. The predicted octanol–water partition coefficient (Wildman–Crippen LogP) is 2.21. The minimum Gasteiger partial charge on any atom is -0.393 e. The van der Waals surface area contributed by atoms with Crippen molar-refractivity contribution in [3.8, 4) is 0 Å². The van der Waals surface area contributed by atoms with Crippen LogP contribution in [0, 0.1) is 0 Å². The van der Waals surface area contributed by atoms with Crippen molar-refractivity contribution in [2.45, 2.75) is 38.5 Å². The molecule has 0 N–H and O–H groups in total. The Bertz CT molecular complexity index is 409. The number of esters is 2. The molecular formula is C11H13NO3S. The van der Waals surface area contributed by atoms with E-state index < -0.39 is 11.9 Å². The highest BCUT2D eigenvalue weighted by atomic mass is 32.1. The van der Waals surface area contributed by atoms with Gasteiger partial charge in [-0.1, -0.05) is 13.8 Å². The van der Waals surface area contributed by atoms with Gasteiger partial charge in [-0.25, -0.2) is 4.98 Å². The van der Waals surface area contributed by atoms with Crippen LogP contribution in [0.25, 0.3) is 0 Å². The van der Waals surface area contributed by atoms with Crippen LogP contribution >= 0.6 is 11.3 Å². The molecule has 1 aliphatic rings. The average molecular weight is 239 g/mol. The van der Waals surface area contributed by atoms with Crippen LogP contribution in [-0.2, 0) is 14.3 Å². The summed E-state index contributed by atoms with van der Waals surface area (Å²) in [6.45, 7) is 4.14. The Kier molecular flexibility index (Phi) is 3.05. The van der Waals surface area contributed by atoms with Crippen molar-refractivity contribution in [2.24, 2.45) is 0 Å². The fourth-order valence-electron chi connectivity index (χ4n) is 1.64. The molecular weight excluding hydrogens is 226 g/mol. The van der Waals surface area contributed by atoms with Crippen molar-refractivity contribution in [1.29, 1.82) is 0 Å². The van der Waals surface area contributed by atoms with Gasteiger partial charge in [0.05, 0.1) is 17.8 Å². The van der Waals surface area contributed by atoms with Gasteiger partial charge in [-0.2, -0.15) is 0 Å². The first-order valence-corrected chi connectivity index (χ1v) is 6.07. The molecule has 0 bridgehead atoms. The number of cyclic esters (lactones) is 2. The predicted molar refractivity (Wildman–Crippen MR) is 59.3 cm³/mol. The minimum atomic E-state index is -0.430. The molecule has 1 saturated heterocycles. The summed E-state index contributed by atoms with van der Waals surface area (Å²) >= 11 is 1.58. The molecule has 0 aliphatic carbocycles. The zero-order chi connectivity index (χ0) is 11.7. The number of hydrogen-bond donors (Lipinski definition) is 0. The lowest BCUT2D eigenvalue weighted by atomic mass is 9.98. The van der Waals surface area contributed by atoms with E-state index in [-0.39, 0.29) is 18.8 Å². The van der Waals surface area contributed by atoms with Gasteiger partial charge in [0.25, 0.3) is 0 Å². The van der Waals surface area contributed by atoms with E-state index in [1.807, 2.05) is 0 Å². The van der Waals surface area contributed by atoms with E-state index in [1.165, 1.54) is 0 Å². The largest absolute Gasteiger partial charge is 0.393 e. The Labute approximate surface area is 97.6 Å². The molecule has 0 amide bonds. The van der Waals surface area contributed by atoms with Gasteiger partial charge in [0.15, 0.2) is 0 Å². The number of thiazole rings is 1. The third-order valence-corrected chi connectivity index (χ3v) is 3.95. The molecule has 1 aliphatic heterocycles. The number of hydrogen-bond acceptors (Lipinski definition) is 5. The molecule has 0 unspecified atom stereocenters. The van der Waals surface area contributed by atoms with Gasteiger partial charge in [0, 0.05) is 22.9 Å². The molecule has 1 fully saturated rings. The summed E-state index contributed by atoms with van der Waals surface area (Å²) in [6.07, 6.45) is 2.34. The lowest BCUT2D eigenvalue weighted by molar-refractivity contribution is -0.163. The van der Waals surface area contributed by atoms with Crippen LogP contribution < -0.4 is 0 Å². The first-order chi connectivity index (χ1) is 7.56. The van der Waals surface area contributed by atoms with Gasteiger partial charge in [-0.3, -0.25) is 9.59 Å². The van der Waals surface area contributed by atoms with Crippen LogP contribution in [0.15, 0.2) is 6.20 Å². The smallest absolute Gasteiger partial charge is 0.314 e. The van der Waals surface area contributed by atoms with Crippen LogP contribution in [0.3, 0.4) is 0 Å². The maximum absolute atomic E-state index is 11.1. The highest BCUT2D eigenvalue weighted by Crippen LogP contribution is 2.33. The normalized spacial score (nSPS) is 17.9. The summed E-state index contributed by atoms with van der Waals surface area (Å²) in [4.78, 5) is 27.6. The highest BCUT2D eigenvalue weighted by molar-refractivity contribution is 7.11. The molecule has 0 aromatic carbocycles. The first kappa shape index (κ1) is 11.3. The van der Waals surface area contributed by atoms with Crippen molar-refractivity contribution in [3.05, 3.63) is 16.1 Å². The van der Waals surface area contributed by atoms with E-state index in [4.69, 9.17) is 0 Å². The first-order valence-electron chi connectivity index (χ1n) is 5.25. The molecule has 16 heavy (non-hydrogen) atoms. The van der Waals surface area contributed by atoms with Crippen LogP contribution in [-0.4, -0.2) is 16.9 Å². The zero-order valence-electron chi connectivity index (χ0n) is 9.23. The summed E-state index contributed by atoms with van der Waals surface area (Å²) in [7, 11) is 0. The van der Waals surface area contributed by atoms with E-state index in [9.17, 15) is 9.59 Å².